The fourth-order valence-electron chi connectivity index (χ4n) is 5.29. The van der Waals surface area contributed by atoms with Crippen LogP contribution in [0.5, 0.6) is 11.5 Å². The van der Waals surface area contributed by atoms with Crippen molar-refractivity contribution >= 4 is 17.7 Å². The van der Waals surface area contributed by atoms with Crippen molar-refractivity contribution in [1.82, 2.24) is 21.3 Å². The van der Waals surface area contributed by atoms with E-state index in [9.17, 15) is 14.4 Å². The van der Waals surface area contributed by atoms with Crippen molar-refractivity contribution < 1.29 is 28.6 Å². The number of methoxy groups -OCH3 is 1. The highest BCUT2D eigenvalue weighted by molar-refractivity contribution is 5.84. The maximum absolute atomic E-state index is 14.0. The lowest BCUT2D eigenvalue weighted by molar-refractivity contribution is -0.133. The minimum Gasteiger partial charge on any atom is -0.493 e. The van der Waals surface area contributed by atoms with Crippen molar-refractivity contribution in [2.24, 2.45) is 5.41 Å². The number of hydrogen-bond acceptors (Lipinski definition) is 7. The van der Waals surface area contributed by atoms with Gasteiger partial charge in [0.2, 0.25) is 11.8 Å². The predicted octanol–water partition coefficient (Wildman–Crippen LogP) is 2.28. The summed E-state index contributed by atoms with van der Waals surface area (Å²) < 4.78 is 16.8. The zero-order chi connectivity index (χ0) is 29.6. The number of nitrogens with one attached hydrogen (secondary N) is 4. The second-order valence-corrected chi connectivity index (χ2v) is 11.0. The summed E-state index contributed by atoms with van der Waals surface area (Å²) in [5, 5.41) is 12.4. The SMILES string of the molecule is COCCC1(C(=O)NCc2ccc3c(c2)CCCO3)CNC(=O)CCCNCCCNC(=O)COc2ccc(cc2)C1. The average molecular weight is 581 g/mol. The first-order valence-electron chi connectivity index (χ1n) is 15.0. The Balaban J connectivity index is 1.53. The second kappa shape index (κ2) is 16.1. The quantitative estimate of drug-likeness (QED) is 0.413. The molecule has 10 nitrogen and oxygen atoms in total. The molecular weight excluding hydrogens is 536 g/mol. The van der Waals surface area contributed by atoms with Gasteiger partial charge < -0.3 is 35.5 Å². The number of fused-ring (bicyclic) bond motifs is 18. The van der Waals surface area contributed by atoms with Gasteiger partial charge in [-0.2, -0.15) is 0 Å². The fraction of sp³-hybridized carbons (Fsp3) is 0.531. The number of amides is 3. The van der Waals surface area contributed by atoms with Gasteiger partial charge in [0, 0.05) is 39.8 Å². The van der Waals surface area contributed by atoms with Gasteiger partial charge in [0.1, 0.15) is 11.5 Å². The monoisotopic (exact) mass is 580 g/mol. The number of carbonyl (C=O) groups excluding carboxylic acids is 3. The van der Waals surface area contributed by atoms with Crippen LogP contribution in [0, 0.1) is 5.41 Å². The lowest BCUT2D eigenvalue weighted by Crippen LogP contribution is -2.50. The van der Waals surface area contributed by atoms with Crippen LogP contribution in [0.3, 0.4) is 0 Å². The van der Waals surface area contributed by atoms with Crippen LogP contribution in [0.25, 0.3) is 0 Å². The van der Waals surface area contributed by atoms with E-state index in [0.29, 0.717) is 57.7 Å². The summed E-state index contributed by atoms with van der Waals surface area (Å²) in [6, 6.07) is 13.5. The van der Waals surface area contributed by atoms with E-state index >= 15 is 0 Å². The topological polar surface area (TPSA) is 127 Å². The summed E-state index contributed by atoms with van der Waals surface area (Å²) in [4.78, 5) is 39.0. The van der Waals surface area contributed by atoms with Crippen LogP contribution in [0.15, 0.2) is 42.5 Å². The van der Waals surface area contributed by atoms with Gasteiger partial charge in [-0.3, -0.25) is 14.4 Å². The molecule has 2 aromatic carbocycles. The molecule has 2 bridgehead atoms. The molecule has 0 fully saturated rings. The number of rotatable bonds is 6. The Morgan fingerprint density at radius 2 is 1.79 bits per heavy atom. The lowest BCUT2D eigenvalue weighted by Gasteiger charge is -2.33. The highest BCUT2D eigenvalue weighted by atomic mass is 16.5. The van der Waals surface area contributed by atoms with E-state index in [4.69, 9.17) is 14.2 Å². The van der Waals surface area contributed by atoms with Crippen molar-refractivity contribution in [1.29, 1.82) is 0 Å². The van der Waals surface area contributed by atoms with Gasteiger partial charge in [0.15, 0.2) is 6.61 Å². The van der Waals surface area contributed by atoms with Crippen LogP contribution in [-0.4, -0.2) is 70.8 Å². The Morgan fingerprint density at radius 1 is 0.952 bits per heavy atom. The number of ether oxygens (including phenoxy) is 3. The van der Waals surface area contributed by atoms with Crippen LogP contribution >= 0.6 is 0 Å². The van der Waals surface area contributed by atoms with E-state index in [1.807, 2.05) is 24.3 Å². The van der Waals surface area contributed by atoms with E-state index in [2.05, 4.69) is 27.3 Å². The molecule has 3 amide bonds. The minimum atomic E-state index is -0.940. The first kappa shape index (κ1) is 31.3. The highest BCUT2D eigenvalue weighted by Crippen LogP contribution is 2.30. The van der Waals surface area contributed by atoms with Gasteiger partial charge in [-0.1, -0.05) is 24.3 Å². The van der Waals surface area contributed by atoms with Crippen molar-refractivity contribution in [2.75, 3.05) is 53.1 Å². The zero-order valence-electron chi connectivity index (χ0n) is 24.6. The Hall–Kier alpha value is -3.63. The molecule has 1 atom stereocenters. The molecule has 0 spiro atoms. The van der Waals surface area contributed by atoms with Gasteiger partial charge in [-0.25, -0.2) is 0 Å². The Morgan fingerprint density at radius 3 is 2.62 bits per heavy atom. The van der Waals surface area contributed by atoms with Crippen LogP contribution in [0.4, 0.5) is 0 Å². The van der Waals surface area contributed by atoms with Crippen LogP contribution in [-0.2, 0) is 38.5 Å². The van der Waals surface area contributed by atoms with Crippen molar-refractivity contribution in [2.45, 2.75) is 51.5 Å². The Bertz CT molecular complexity index is 1190. The molecule has 3 aliphatic rings. The third kappa shape index (κ3) is 9.46. The molecular formula is C32H44N4O6. The first-order valence-corrected chi connectivity index (χ1v) is 15.0. The number of benzene rings is 2. The van der Waals surface area contributed by atoms with Gasteiger partial charge in [-0.05, 0) is 86.5 Å². The van der Waals surface area contributed by atoms with E-state index < -0.39 is 5.41 Å². The standard InChI is InChI=1S/C32H44N4O6/c1-40-18-13-32(31(39)35-21-25-9-12-28-26(19-25)5-3-17-41-28)20-24-7-10-27(11-8-24)42-22-30(38)34-16-4-15-33-14-2-6-29(37)36-23-32/h7-12,19,33H,2-6,13-18,20-23H2,1H3,(H,34,38)(H,35,39)(H,36,37). The molecule has 0 saturated heterocycles. The molecule has 0 aliphatic carbocycles. The lowest BCUT2D eigenvalue weighted by atomic mass is 9.77. The fourth-order valence-corrected chi connectivity index (χ4v) is 5.29. The maximum Gasteiger partial charge on any atom is 0.257 e. The molecule has 2 aromatic rings. The zero-order valence-corrected chi connectivity index (χ0v) is 24.6. The summed E-state index contributed by atoms with van der Waals surface area (Å²) in [6.07, 6.45) is 4.57. The van der Waals surface area contributed by atoms with E-state index in [1.54, 1.807) is 19.2 Å². The van der Waals surface area contributed by atoms with Gasteiger partial charge in [0.05, 0.1) is 12.0 Å². The van der Waals surface area contributed by atoms with Crippen molar-refractivity contribution in [3.05, 3.63) is 59.2 Å². The molecule has 42 heavy (non-hydrogen) atoms. The van der Waals surface area contributed by atoms with Crippen molar-refractivity contribution in [3.63, 3.8) is 0 Å². The minimum absolute atomic E-state index is 0.0617. The first-order chi connectivity index (χ1) is 20.5. The molecule has 228 valence electrons. The average Bonchev–Trinajstić information content (AvgIpc) is 3.01. The Kier molecular flexibility index (Phi) is 12.0. The maximum atomic E-state index is 14.0. The molecule has 4 N–H and O–H groups in total. The van der Waals surface area contributed by atoms with E-state index in [0.717, 1.165) is 54.9 Å². The molecule has 0 saturated carbocycles. The second-order valence-electron chi connectivity index (χ2n) is 11.0. The summed E-state index contributed by atoms with van der Waals surface area (Å²) >= 11 is 0. The summed E-state index contributed by atoms with van der Waals surface area (Å²) in [5.41, 5.74) is 2.14. The normalized spacial score (nSPS) is 20.7. The molecule has 3 heterocycles. The van der Waals surface area contributed by atoms with Crippen LogP contribution < -0.4 is 30.7 Å². The summed E-state index contributed by atoms with van der Waals surface area (Å²) in [7, 11) is 1.61. The predicted molar refractivity (Wildman–Crippen MR) is 159 cm³/mol. The number of hydrogen-bond donors (Lipinski definition) is 4. The van der Waals surface area contributed by atoms with Crippen molar-refractivity contribution in [3.8, 4) is 11.5 Å². The van der Waals surface area contributed by atoms with Crippen LogP contribution in [0.1, 0.15) is 48.8 Å². The third-order valence-corrected chi connectivity index (χ3v) is 7.76. The van der Waals surface area contributed by atoms with Gasteiger partial charge in [-0.15, -0.1) is 0 Å². The van der Waals surface area contributed by atoms with Crippen LogP contribution in [0.2, 0.25) is 0 Å². The molecule has 3 aliphatic heterocycles. The molecule has 0 radical (unpaired) electrons. The third-order valence-electron chi connectivity index (χ3n) is 7.76. The summed E-state index contributed by atoms with van der Waals surface area (Å²) in [6.45, 7) is 3.57. The number of aryl methyl sites for hydroxylation is 1. The highest BCUT2D eigenvalue weighted by Gasteiger charge is 2.38. The smallest absolute Gasteiger partial charge is 0.257 e. The molecule has 10 heteroatoms. The van der Waals surface area contributed by atoms with Gasteiger partial charge >= 0.3 is 0 Å². The molecule has 1 unspecified atom stereocenters. The molecule has 5 rings (SSSR count). The largest absolute Gasteiger partial charge is 0.493 e. The number of carbonyl (C=O) groups is 3. The summed E-state index contributed by atoms with van der Waals surface area (Å²) in [5.74, 6) is 1.07. The van der Waals surface area contributed by atoms with E-state index in [1.165, 1.54) is 0 Å². The van der Waals surface area contributed by atoms with Gasteiger partial charge in [0.25, 0.3) is 5.91 Å². The Labute approximate surface area is 248 Å². The molecule has 0 aromatic heterocycles. The van der Waals surface area contributed by atoms with E-state index in [-0.39, 0.29) is 30.9 Å².